The molecule has 3 heterocycles. The number of carbonyl (C=O) groups excluding carboxylic acids is 1. The summed E-state index contributed by atoms with van der Waals surface area (Å²) in [5.41, 5.74) is 1.18. The Balaban J connectivity index is 1.62. The van der Waals surface area contributed by atoms with Gasteiger partial charge < -0.3 is 9.78 Å². The van der Waals surface area contributed by atoms with Crippen molar-refractivity contribution >= 4 is 17.1 Å². The number of nitrogens with zero attached hydrogens (tertiary/aromatic N) is 2. The van der Waals surface area contributed by atoms with Gasteiger partial charge in [-0.15, -0.1) is 0 Å². The summed E-state index contributed by atoms with van der Waals surface area (Å²) >= 11 is 0. The van der Waals surface area contributed by atoms with Gasteiger partial charge in [0.25, 0.3) is 5.56 Å². The molecule has 23 heavy (non-hydrogen) atoms. The van der Waals surface area contributed by atoms with E-state index >= 15 is 0 Å². The van der Waals surface area contributed by atoms with Crippen molar-refractivity contribution in [2.24, 2.45) is 0 Å². The van der Waals surface area contributed by atoms with Gasteiger partial charge in [-0.3, -0.25) is 4.79 Å². The number of aromatic nitrogens is 1. The van der Waals surface area contributed by atoms with E-state index in [0.29, 0.717) is 5.92 Å². The Morgan fingerprint density at radius 3 is 2.78 bits per heavy atom. The Hall–Kier alpha value is -1.98. The topological polar surface area (TPSA) is 56.4 Å². The minimum atomic E-state index is -0.0280. The van der Waals surface area contributed by atoms with Crippen LogP contribution in [0.4, 0.5) is 0 Å². The van der Waals surface area contributed by atoms with Gasteiger partial charge in [0.1, 0.15) is 6.29 Å². The molecule has 120 valence electrons. The molecule has 4 rings (SSSR count). The van der Waals surface area contributed by atoms with E-state index in [9.17, 15) is 9.59 Å². The Morgan fingerprint density at radius 2 is 1.96 bits per heavy atom. The summed E-state index contributed by atoms with van der Waals surface area (Å²) in [6.45, 7) is 2.87. The van der Waals surface area contributed by atoms with Gasteiger partial charge in [0, 0.05) is 37.1 Å². The van der Waals surface area contributed by atoms with Gasteiger partial charge in [0.05, 0.1) is 6.04 Å². The summed E-state index contributed by atoms with van der Waals surface area (Å²) < 4.78 is 0. The first-order chi connectivity index (χ1) is 11.3. The largest absolute Gasteiger partial charge is 0.328 e. The number of H-pyrrole nitrogens is 1. The van der Waals surface area contributed by atoms with E-state index in [1.54, 1.807) is 0 Å². The molecule has 0 saturated carbocycles. The third-order valence-corrected chi connectivity index (χ3v) is 5.24. The van der Waals surface area contributed by atoms with Crippen molar-refractivity contribution in [3.8, 4) is 0 Å². The van der Waals surface area contributed by atoms with Crippen LogP contribution in [-0.4, -0.2) is 47.0 Å². The first-order valence-electron chi connectivity index (χ1n) is 8.35. The van der Waals surface area contributed by atoms with E-state index in [1.807, 2.05) is 30.5 Å². The van der Waals surface area contributed by atoms with Gasteiger partial charge in [-0.1, -0.05) is 18.2 Å². The number of nitrogens with one attached hydrogen (secondary N) is 1. The highest BCUT2D eigenvalue weighted by molar-refractivity contribution is 5.85. The second kappa shape index (κ2) is 5.91. The number of hydrogen-bond acceptors (Lipinski definition) is 4. The van der Waals surface area contributed by atoms with Gasteiger partial charge in [0.2, 0.25) is 0 Å². The number of hydrazine groups is 1. The van der Waals surface area contributed by atoms with Crippen LogP contribution in [0.1, 0.15) is 30.7 Å². The highest BCUT2D eigenvalue weighted by Crippen LogP contribution is 2.33. The third kappa shape index (κ3) is 2.50. The number of fused-ring (bicyclic) bond motifs is 1. The summed E-state index contributed by atoms with van der Waals surface area (Å²) in [6, 6.07) is 7.85. The molecule has 2 aliphatic rings. The maximum absolute atomic E-state index is 12.0. The number of pyridine rings is 1. The molecule has 0 spiro atoms. The predicted octanol–water partition coefficient (Wildman–Crippen LogP) is 1.90. The molecular weight excluding hydrogens is 290 g/mol. The minimum absolute atomic E-state index is 0.0280. The average molecular weight is 311 g/mol. The first-order valence-corrected chi connectivity index (χ1v) is 8.35. The summed E-state index contributed by atoms with van der Waals surface area (Å²) in [7, 11) is 0. The van der Waals surface area contributed by atoms with Crippen molar-refractivity contribution in [2.45, 2.75) is 31.2 Å². The van der Waals surface area contributed by atoms with Gasteiger partial charge in [0.15, 0.2) is 0 Å². The number of aldehydes is 1. The molecule has 5 nitrogen and oxygen atoms in total. The Labute approximate surface area is 134 Å². The van der Waals surface area contributed by atoms with Crippen molar-refractivity contribution in [1.29, 1.82) is 0 Å². The van der Waals surface area contributed by atoms with Gasteiger partial charge in [-0.2, -0.15) is 0 Å². The van der Waals surface area contributed by atoms with Crippen LogP contribution in [0.5, 0.6) is 0 Å². The molecule has 2 saturated heterocycles. The number of rotatable bonds is 3. The van der Waals surface area contributed by atoms with Crippen LogP contribution in [0.25, 0.3) is 10.8 Å². The smallest absolute Gasteiger partial charge is 0.255 e. The van der Waals surface area contributed by atoms with E-state index in [1.165, 1.54) is 5.56 Å². The maximum Gasteiger partial charge on any atom is 0.255 e. The lowest BCUT2D eigenvalue weighted by atomic mass is 9.95. The summed E-state index contributed by atoms with van der Waals surface area (Å²) in [4.78, 5) is 26.1. The summed E-state index contributed by atoms with van der Waals surface area (Å²) in [6.07, 6.45) is 6.06. The monoisotopic (exact) mass is 311 g/mol. The van der Waals surface area contributed by atoms with E-state index in [0.717, 1.165) is 56.0 Å². The van der Waals surface area contributed by atoms with Crippen LogP contribution in [0.2, 0.25) is 0 Å². The van der Waals surface area contributed by atoms with Gasteiger partial charge >= 0.3 is 0 Å². The minimum Gasteiger partial charge on any atom is -0.328 e. The zero-order chi connectivity index (χ0) is 15.8. The fraction of sp³-hybridized carbons (Fsp3) is 0.444. The highest BCUT2D eigenvalue weighted by atomic mass is 16.1. The number of aromatic amines is 1. The molecule has 5 heteroatoms. The Morgan fingerprint density at radius 1 is 1.13 bits per heavy atom. The Kier molecular flexibility index (Phi) is 3.75. The summed E-state index contributed by atoms with van der Waals surface area (Å²) in [5.74, 6) is 0.393. The number of carbonyl (C=O) groups is 1. The van der Waals surface area contributed by atoms with Crippen LogP contribution >= 0.6 is 0 Å². The van der Waals surface area contributed by atoms with Crippen LogP contribution in [0.15, 0.2) is 35.3 Å². The van der Waals surface area contributed by atoms with E-state index in [-0.39, 0.29) is 11.6 Å². The lowest BCUT2D eigenvalue weighted by Gasteiger charge is -2.30. The molecule has 2 atom stereocenters. The maximum atomic E-state index is 12.0. The van der Waals surface area contributed by atoms with Crippen LogP contribution in [-0.2, 0) is 4.79 Å². The SMILES string of the molecule is O=C[C@@H]1CCCN1N1CCC(c2c[nH]c(=O)c3ccccc23)C1. The molecule has 2 fully saturated rings. The molecule has 2 aromatic rings. The average Bonchev–Trinajstić information content (AvgIpc) is 3.24. The molecule has 1 aromatic heterocycles. The van der Waals surface area contributed by atoms with Crippen molar-refractivity contribution < 1.29 is 4.79 Å². The fourth-order valence-electron chi connectivity index (χ4n) is 4.07. The second-order valence-electron chi connectivity index (χ2n) is 6.53. The normalized spacial score (nSPS) is 26.1. The Bertz CT molecular complexity index is 785. The molecule has 1 N–H and O–H groups in total. The molecular formula is C18H21N3O2. The quantitative estimate of drug-likeness (QED) is 0.880. The molecule has 0 amide bonds. The van der Waals surface area contributed by atoms with Crippen LogP contribution < -0.4 is 5.56 Å². The number of hydrogen-bond donors (Lipinski definition) is 1. The lowest BCUT2D eigenvalue weighted by Crippen LogP contribution is -2.44. The lowest BCUT2D eigenvalue weighted by molar-refractivity contribution is -0.117. The highest BCUT2D eigenvalue weighted by Gasteiger charge is 2.34. The molecule has 1 aromatic carbocycles. The van der Waals surface area contributed by atoms with E-state index < -0.39 is 0 Å². The molecule has 0 radical (unpaired) electrons. The zero-order valence-corrected chi connectivity index (χ0v) is 13.1. The predicted molar refractivity (Wildman–Crippen MR) is 89.3 cm³/mol. The summed E-state index contributed by atoms with van der Waals surface area (Å²) in [5, 5.41) is 6.38. The van der Waals surface area contributed by atoms with Gasteiger partial charge in [-0.25, -0.2) is 10.0 Å². The molecule has 1 unspecified atom stereocenters. The van der Waals surface area contributed by atoms with Crippen molar-refractivity contribution in [1.82, 2.24) is 15.0 Å². The molecule has 2 aliphatic heterocycles. The zero-order valence-electron chi connectivity index (χ0n) is 13.1. The molecule has 0 bridgehead atoms. The first kappa shape index (κ1) is 14.6. The standard InChI is InChI=1S/C18H21N3O2/c22-12-14-4-3-8-21(14)20-9-7-13(11-20)17-10-19-18(23)16-6-2-1-5-15(16)17/h1-2,5-6,10,12-14H,3-4,7-9,11H2,(H,19,23)/t13?,14-/m0/s1. The van der Waals surface area contributed by atoms with E-state index in [4.69, 9.17) is 0 Å². The van der Waals surface area contributed by atoms with Crippen molar-refractivity contribution in [3.05, 3.63) is 46.4 Å². The van der Waals surface area contributed by atoms with Gasteiger partial charge in [-0.05, 0) is 36.3 Å². The molecule has 0 aliphatic carbocycles. The third-order valence-electron chi connectivity index (χ3n) is 5.24. The van der Waals surface area contributed by atoms with E-state index in [2.05, 4.69) is 15.0 Å². The van der Waals surface area contributed by atoms with Crippen molar-refractivity contribution in [3.63, 3.8) is 0 Å². The van der Waals surface area contributed by atoms with Crippen molar-refractivity contribution in [2.75, 3.05) is 19.6 Å². The van der Waals surface area contributed by atoms with Crippen LogP contribution in [0, 0.1) is 0 Å². The second-order valence-corrected chi connectivity index (χ2v) is 6.53. The fourth-order valence-corrected chi connectivity index (χ4v) is 4.07. The number of benzene rings is 1. The van der Waals surface area contributed by atoms with Crippen LogP contribution in [0.3, 0.4) is 0 Å².